The first-order chi connectivity index (χ1) is 31.5. The van der Waals surface area contributed by atoms with E-state index in [1.165, 1.54) is 257 Å². The maximum absolute atomic E-state index is 12.4. The molecule has 0 aliphatic rings. The molecule has 380 valence electrons. The number of amides is 1. The van der Waals surface area contributed by atoms with E-state index in [0.29, 0.717) is 19.4 Å². The van der Waals surface area contributed by atoms with Crippen molar-refractivity contribution in [3.63, 3.8) is 0 Å². The summed E-state index contributed by atoms with van der Waals surface area (Å²) in [5.74, 6) is -0.0633. The van der Waals surface area contributed by atoms with Gasteiger partial charge in [0, 0.05) is 12.8 Å². The average molecular weight is 905 g/mol. The Labute approximate surface area is 399 Å². The monoisotopic (exact) mass is 904 g/mol. The number of esters is 1. The van der Waals surface area contributed by atoms with Gasteiger partial charge < -0.3 is 20.3 Å². The van der Waals surface area contributed by atoms with Crippen LogP contribution in [-0.2, 0) is 14.3 Å². The SMILES string of the molecule is CCCCCCCCCCCCC/C=C/C(O)C(CO)NC(=O)CCCCCCCCCCCCCCCCCCCOC(=O)CCCCCCCCCCCCCCCCCCC. The lowest BCUT2D eigenvalue weighted by Gasteiger charge is -2.20. The highest BCUT2D eigenvalue weighted by Crippen LogP contribution is 2.17. The van der Waals surface area contributed by atoms with Crippen molar-refractivity contribution in [2.45, 2.75) is 334 Å². The van der Waals surface area contributed by atoms with Crippen LogP contribution in [0.3, 0.4) is 0 Å². The highest BCUT2D eigenvalue weighted by molar-refractivity contribution is 5.76. The number of carbonyl (C=O) groups is 2. The zero-order valence-electron chi connectivity index (χ0n) is 43.3. The van der Waals surface area contributed by atoms with Crippen molar-refractivity contribution in [3.05, 3.63) is 12.2 Å². The van der Waals surface area contributed by atoms with Crippen molar-refractivity contribution < 1.29 is 24.5 Å². The normalized spacial score (nSPS) is 12.6. The number of allylic oxidation sites excluding steroid dienone is 1. The molecule has 0 saturated carbocycles. The number of unbranched alkanes of at least 4 members (excludes halogenated alkanes) is 43. The second-order valence-electron chi connectivity index (χ2n) is 20.0. The number of rotatable bonds is 54. The van der Waals surface area contributed by atoms with Crippen LogP contribution >= 0.6 is 0 Å². The first-order valence-corrected chi connectivity index (χ1v) is 29.0. The lowest BCUT2D eigenvalue weighted by atomic mass is 10.0. The summed E-state index contributed by atoms with van der Waals surface area (Å²) >= 11 is 0. The molecule has 0 aromatic carbocycles. The van der Waals surface area contributed by atoms with E-state index in [1.54, 1.807) is 6.08 Å². The Hall–Kier alpha value is -1.40. The van der Waals surface area contributed by atoms with Gasteiger partial charge in [0.05, 0.1) is 25.4 Å². The summed E-state index contributed by atoms with van der Waals surface area (Å²) in [6.07, 6.45) is 63.7. The fourth-order valence-corrected chi connectivity index (χ4v) is 9.11. The molecule has 6 heteroatoms. The van der Waals surface area contributed by atoms with Crippen LogP contribution in [0.4, 0.5) is 0 Å². The quantitative estimate of drug-likeness (QED) is 0.0321. The standard InChI is InChI=1S/C58H113NO5/c1-3-5-7-9-11-13-15-17-18-20-24-28-32-36-40-44-48-52-58(63)64-53-49-45-41-37-33-29-25-22-19-21-23-27-31-35-39-43-47-51-57(62)59-55(54-60)56(61)50-46-42-38-34-30-26-16-14-12-10-8-6-4-2/h46,50,55-56,60-61H,3-45,47-49,51-54H2,1-2H3,(H,59,62)/b50-46+. The Morgan fingerprint density at radius 1 is 0.422 bits per heavy atom. The van der Waals surface area contributed by atoms with Gasteiger partial charge in [-0.1, -0.05) is 289 Å². The first kappa shape index (κ1) is 62.6. The second-order valence-corrected chi connectivity index (χ2v) is 20.0. The number of carbonyl (C=O) groups excluding carboxylic acids is 2. The summed E-state index contributed by atoms with van der Waals surface area (Å²) in [5.41, 5.74) is 0. The molecule has 0 aromatic heterocycles. The average Bonchev–Trinajstić information content (AvgIpc) is 3.29. The molecule has 0 bridgehead atoms. The number of aliphatic hydroxyl groups excluding tert-OH is 2. The van der Waals surface area contributed by atoms with E-state index in [0.717, 1.165) is 38.5 Å². The molecule has 0 saturated heterocycles. The van der Waals surface area contributed by atoms with Crippen LogP contribution in [0.1, 0.15) is 322 Å². The van der Waals surface area contributed by atoms with Crippen molar-refractivity contribution in [1.29, 1.82) is 0 Å². The molecule has 6 nitrogen and oxygen atoms in total. The molecule has 0 radical (unpaired) electrons. The lowest BCUT2D eigenvalue weighted by molar-refractivity contribution is -0.143. The summed E-state index contributed by atoms with van der Waals surface area (Å²) < 4.78 is 5.49. The van der Waals surface area contributed by atoms with E-state index in [9.17, 15) is 19.8 Å². The predicted octanol–water partition coefficient (Wildman–Crippen LogP) is 17.7. The molecule has 2 atom stereocenters. The van der Waals surface area contributed by atoms with E-state index < -0.39 is 12.1 Å². The maximum Gasteiger partial charge on any atom is 0.305 e. The van der Waals surface area contributed by atoms with Gasteiger partial charge in [-0.25, -0.2) is 0 Å². The third kappa shape index (κ3) is 50.0. The lowest BCUT2D eigenvalue weighted by Crippen LogP contribution is -2.45. The summed E-state index contributed by atoms with van der Waals surface area (Å²) in [7, 11) is 0. The number of ether oxygens (including phenoxy) is 1. The van der Waals surface area contributed by atoms with Gasteiger partial charge in [-0.3, -0.25) is 9.59 Å². The van der Waals surface area contributed by atoms with Crippen LogP contribution < -0.4 is 5.32 Å². The van der Waals surface area contributed by atoms with Gasteiger partial charge in [0.25, 0.3) is 0 Å². The zero-order chi connectivity index (χ0) is 46.5. The molecule has 0 aliphatic carbocycles. The topological polar surface area (TPSA) is 95.9 Å². The molecule has 0 aliphatic heterocycles. The fourth-order valence-electron chi connectivity index (χ4n) is 9.11. The van der Waals surface area contributed by atoms with Crippen molar-refractivity contribution in [3.8, 4) is 0 Å². The van der Waals surface area contributed by atoms with Crippen molar-refractivity contribution >= 4 is 11.9 Å². The molecule has 0 heterocycles. The van der Waals surface area contributed by atoms with E-state index in [-0.39, 0.29) is 18.5 Å². The number of hydrogen-bond acceptors (Lipinski definition) is 5. The minimum Gasteiger partial charge on any atom is -0.466 e. The van der Waals surface area contributed by atoms with Crippen LogP contribution in [-0.4, -0.2) is 47.4 Å². The Morgan fingerprint density at radius 3 is 1.06 bits per heavy atom. The summed E-state index contributed by atoms with van der Waals surface area (Å²) in [4.78, 5) is 24.5. The minimum absolute atomic E-state index is 0.00877. The van der Waals surface area contributed by atoms with E-state index >= 15 is 0 Å². The van der Waals surface area contributed by atoms with Gasteiger partial charge in [-0.2, -0.15) is 0 Å². The van der Waals surface area contributed by atoms with Gasteiger partial charge in [0.15, 0.2) is 0 Å². The molecule has 0 rings (SSSR count). The molecule has 1 amide bonds. The highest BCUT2D eigenvalue weighted by atomic mass is 16.5. The van der Waals surface area contributed by atoms with Crippen LogP contribution in [0.2, 0.25) is 0 Å². The maximum atomic E-state index is 12.4. The number of aliphatic hydroxyl groups is 2. The predicted molar refractivity (Wildman–Crippen MR) is 278 cm³/mol. The molecule has 0 aromatic rings. The van der Waals surface area contributed by atoms with Gasteiger partial charge in [-0.05, 0) is 32.1 Å². The van der Waals surface area contributed by atoms with E-state index in [1.807, 2.05) is 6.08 Å². The van der Waals surface area contributed by atoms with Gasteiger partial charge in [0.2, 0.25) is 5.91 Å². The number of hydrogen-bond donors (Lipinski definition) is 3. The van der Waals surface area contributed by atoms with Crippen molar-refractivity contribution in [1.82, 2.24) is 5.32 Å². The Morgan fingerprint density at radius 2 is 0.719 bits per heavy atom. The molecule has 2 unspecified atom stereocenters. The van der Waals surface area contributed by atoms with Gasteiger partial charge in [0.1, 0.15) is 0 Å². The molecule has 3 N–H and O–H groups in total. The first-order valence-electron chi connectivity index (χ1n) is 29.0. The van der Waals surface area contributed by atoms with Crippen LogP contribution in [0, 0.1) is 0 Å². The van der Waals surface area contributed by atoms with E-state index in [2.05, 4.69) is 19.2 Å². The zero-order valence-corrected chi connectivity index (χ0v) is 43.3. The highest BCUT2D eigenvalue weighted by Gasteiger charge is 2.18. The molecule has 0 spiro atoms. The second kappa shape index (κ2) is 54.2. The van der Waals surface area contributed by atoms with Gasteiger partial charge in [-0.15, -0.1) is 0 Å². The molecule has 0 fully saturated rings. The van der Waals surface area contributed by atoms with Crippen LogP contribution in [0.15, 0.2) is 12.2 Å². The van der Waals surface area contributed by atoms with E-state index in [4.69, 9.17) is 4.74 Å². The fraction of sp³-hybridized carbons (Fsp3) is 0.931. The van der Waals surface area contributed by atoms with Crippen LogP contribution in [0.25, 0.3) is 0 Å². The summed E-state index contributed by atoms with van der Waals surface area (Å²) in [5, 5.41) is 23.1. The minimum atomic E-state index is -0.846. The smallest absolute Gasteiger partial charge is 0.305 e. The molecular formula is C58H113NO5. The Kier molecular flexibility index (Phi) is 53.0. The van der Waals surface area contributed by atoms with Crippen LogP contribution in [0.5, 0.6) is 0 Å². The van der Waals surface area contributed by atoms with Gasteiger partial charge >= 0.3 is 5.97 Å². The van der Waals surface area contributed by atoms with Crippen molar-refractivity contribution in [2.75, 3.05) is 13.2 Å². The van der Waals surface area contributed by atoms with Crippen molar-refractivity contribution in [2.24, 2.45) is 0 Å². The third-order valence-corrected chi connectivity index (χ3v) is 13.6. The Balaban J connectivity index is 3.40. The Bertz CT molecular complexity index is 955. The largest absolute Gasteiger partial charge is 0.466 e. The summed E-state index contributed by atoms with van der Waals surface area (Å²) in [6, 6.07) is -0.630. The third-order valence-electron chi connectivity index (χ3n) is 13.6. The summed E-state index contributed by atoms with van der Waals surface area (Å²) in [6.45, 7) is 4.91. The molecular weight excluding hydrogens is 791 g/mol. The molecule has 64 heavy (non-hydrogen) atoms. The number of nitrogens with one attached hydrogen (secondary N) is 1.